The summed E-state index contributed by atoms with van der Waals surface area (Å²) in [6.45, 7) is 1.52. The Bertz CT molecular complexity index is 682. The number of thiophene rings is 1. The van der Waals surface area contributed by atoms with Crippen molar-refractivity contribution in [2.45, 2.75) is 6.92 Å². The molecule has 0 unspecified atom stereocenters. The molecule has 84 valence electrons. The van der Waals surface area contributed by atoms with Crippen LogP contribution in [0.2, 0.25) is 0 Å². The molecule has 0 atom stereocenters. The monoisotopic (exact) mass is 242 g/mol. The molecule has 17 heavy (non-hydrogen) atoms. The molecule has 0 aliphatic carbocycles. The molecule has 3 rings (SSSR count). The standard InChI is InChI=1S/C13H10N2OS/c1-9(16)15-11-7-12(17-13(11)8-14-15)10-5-3-2-4-6-10/h2-8H,1H3. The van der Waals surface area contributed by atoms with Crippen LogP contribution in [0.15, 0.2) is 42.6 Å². The highest BCUT2D eigenvalue weighted by Gasteiger charge is 2.11. The molecule has 3 nitrogen and oxygen atoms in total. The van der Waals surface area contributed by atoms with Gasteiger partial charge in [-0.15, -0.1) is 11.3 Å². The lowest BCUT2D eigenvalue weighted by molar-refractivity contribution is 0.0927. The van der Waals surface area contributed by atoms with Crippen LogP contribution in [-0.4, -0.2) is 15.7 Å². The van der Waals surface area contributed by atoms with Crippen LogP contribution in [-0.2, 0) is 0 Å². The summed E-state index contributed by atoms with van der Waals surface area (Å²) in [5, 5.41) is 4.07. The molecule has 0 saturated heterocycles. The number of rotatable bonds is 1. The lowest BCUT2D eigenvalue weighted by Gasteiger charge is -1.95. The minimum absolute atomic E-state index is 0.0580. The van der Waals surface area contributed by atoms with E-state index in [0.29, 0.717) is 0 Å². The third-order valence-electron chi connectivity index (χ3n) is 2.62. The SMILES string of the molecule is CC(=O)n1ncc2sc(-c3ccccc3)cc21. The summed E-state index contributed by atoms with van der Waals surface area (Å²) >= 11 is 1.65. The van der Waals surface area contributed by atoms with Crippen LogP contribution >= 0.6 is 11.3 Å². The maximum atomic E-state index is 11.4. The molecule has 0 aliphatic rings. The van der Waals surface area contributed by atoms with Gasteiger partial charge in [0.1, 0.15) is 0 Å². The molecule has 2 heterocycles. The van der Waals surface area contributed by atoms with Gasteiger partial charge in [-0.3, -0.25) is 4.79 Å². The van der Waals surface area contributed by atoms with E-state index in [1.165, 1.54) is 17.2 Å². The van der Waals surface area contributed by atoms with Gasteiger partial charge in [-0.2, -0.15) is 9.78 Å². The fourth-order valence-electron chi connectivity index (χ4n) is 1.82. The number of fused-ring (bicyclic) bond motifs is 1. The summed E-state index contributed by atoms with van der Waals surface area (Å²) < 4.78 is 2.48. The Labute approximate surface area is 102 Å². The van der Waals surface area contributed by atoms with Crippen LogP contribution in [0, 0.1) is 0 Å². The maximum absolute atomic E-state index is 11.4. The number of carbonyl (C=O) groups is 1. The Kier molecular flexibility index (Phi) is 2.30. The third kappa shape index (κ3) is 1.66. The highest BCUT2D eigenvalue weighted by Crippen LogP contribution is 2.33. The Morgan fingerprint density at radius 3 is 2.76 bits per heavy atom. The quantitative estimate of drug-likeness (QED) is 0.655. The molecule has 0 fully saturated rings. The molecule has 0 saturated carbocycles. The summed E-state index contributed by atoms with van der Waals surface area (Å²) in [4.78, 5) is 12.5. The van der Waals surface area contributed by atoms with E-state index >= 15 is 0 Å². The molecular weight excluding hydrogens is 232 g/mol. The second-order valence-electron chi connectivity index (χ2n) is 3.80. The number of nitrogens with zero attached hydrogens (tertiary/aromatic N) is 2. The number of hydrogen-bond acceptors (Lipinski definition) is 3. The molecule has 2 aromatic heterocycles. The summed E-state index contributed by atoms with van der Waals surface area (Å²) in [7, 11) is 0. The zero-order valence-corrected chi connectivity index (χ0v) is 10.1. The Morgan fingerprint density at radius 2 is 2.06 bits per heavy atom. The van der Waals surface area contributed by atoms with Gasteiger partial charge < -0.3 is 0 Å². The van der Waals surface area contributed by atoms with Gasteiger partial charge in [0, 0.05) is 11.8 Å². The summed E-state index contributed by atoms with van der Waals surface area (Å²) in [5.74, 6) is -0.0580. The first kappa shape index (κ1) is 10.2. The average Bonchev–Trinajstić information content (AvgIpc) is 2.88. The van der Waals surface area contributed by atoms with E-state index in [9.17, 15) is 4.79 Å². The molecule has 0 aliphatic heterocycles. The smallest absolute Gasteiger partial charge is 0.244 e. The van der Waals surface area contributed by atoms with Crippen molar-refractivity contribution in [2.24, 2.45) is 0 Å². The first-order valence-electron chi connectivity index (χ1n) is 5.29. The number of aromatic nitrogens is 2. The van der Waals surface area contributed by atoms with Crippen LogP contribution < -0.4 is 0 Å². The molecule has 0 N–H and O–H groups in total. The first-order chi connectivity index (χ1) is 8.25. The molecular formula is C13H10N2OS. The predicted octanol–water partition coefficient (Wildman–Crippen LogP) is 3.42. The summed E-state index contributed by atoms with van der Waals surface area (Å²) in [6, 6.07) is 12.2. The van der Waals surface area contributed by atoms with E-state index in [-0.39, 0.29) is 5.91 Å². The van der Waals surface area contributed by atoms with Gasteiger partial charge in [0.05, 0.1) is 16.4 Å². The minimum Gasteiger partial charge on any atom is -0.273 e. The van der Waals surface area contributed by atoms with Crippen LogP contribution in [0.1, 0.15) is 11.7 Å². The van der Waals surface area contributed by atoms with Gasteiger partial charge >= 0.3 is 0 Å². The highest BCUT2D eigenvalue weighted by molar-refractivity contribution is 7.22. The zero-order chi connectivity index (χ0) is 11.8. The van der Waals surface area contributed by atoms with Gasteiger partial charge in [-0.05, 0) is 11.6 Å². The largest absolute Gasteiger partial charge is 0.273 e. The molecule has 0 amide bonds. The van der Waals surface area contributed by atoms with Gasteiger partial charge in [-0.25, -0.2) is 0 Å². The molecule has 3 aromatic rings. The number of hydrogen-bond donors (Lipinski definition) is 0. The van der Waals surface area contributed by atoms with Gasteiger partial charge in [-0.1, -0.05) is 30.3 Å². The van der Waals surface area contributed by atoms with E-state index in [1.54, 1.807) is 17.5 Å². The van der Waals surface area contributed by atoms with E-state index < -0.39 is 0 Å². The second kappa shape index (κ2) is 3.82. The number of benzene rings is 1. The Hall–Kier alpha value is -1.94. The first-order valence-corrected chi connectivity index (χ1v) is 6.11. The Morgan fingerprint density at radius 1 is 1.29 bits per heavy atom. The van der Waals surface area contributed by atoms with Crippen molar-refractivity contribution in [1.82, 2.24) is 9.78 Å². The molecule has 0 radical (unpaired) electrons. The zero-order valence-electron chi connectivity index (χ0n) is 9.25. The van der Waals surface area contributed by atoms with Crippen molar-refractivity contribution in [2.75, 3.05) is 0 Å². The Balaban J connectivity index is 2.18. The second-order valence-corrected chi connectivity index (χ2v) is 4.89. The van der Waals surface area contributed by atoms with Gasteiger partial charge in [0.15, 0.2) is 0 Å². The summed E-state index contributed by atoms with van der Waals surface area (Å²) in [5.41, 5.74) is 2.06. The molecule has 4 heteroatoms. The van der Waals surface area contributed by atoms with Crippen molar-refractivity contribution in [3.8, 4) is 10.4 Å². The predicted molar refractivity (Wildman–Crippen MR) is 69.3 cm³/mol. The van der Waals surface area contributed by atoms with Gasteiger partial charge in [0.2, 0.25) is 5.91 Å². The van der Waals surface area contributed by atoms with Crippen molar-refractivity contribution < 1.29 is 4.79 Å². The minimum atomic E-state index is -0.0580. The fraction of sp³-hybridized carbons (Fsp3) is 0.0769. The van der Waals surface area contributed by atoms with Crippen molar-refractivity contribution in [1.29, 1.82) is 0 Å². The van der Waals surface area contributed by atoms with Crippen molar-refractivity contribution in [3.05, 3.63) is 42.6 Å². The van der Waals surface area contributed by atoms with Gasteiger partial charge in [0.25, 0.3) is 0 Å². The van der Waals surface area contributed by atoms with E-state index in [2.05, 4.69) is 17.2 Å². The maximum Gasteiger partial charge on any atom is 0.244 e. The van der Waals surface area contributed by atoms with Crippen LogP contribution in [0.25, 0.3) is 20.7 Å². The lowest BCUT2D eigenvalue weighted by Crippen LogP contribution is -2.06. The van der Waals surface area contributed by atoms with E-state index in [1.807, 2.05) is 24.3 Å². The van der Waals surface area contributed by atoms with Crippen molar-refractivity contribution >= 4 is 27.5 Å². The molecule has 0 bridgehead atoms. The van der Waals surface area contributed by atoms with Crippen molar-refractivity contribution in [3.63, 3.8) is 0 Å². The summed E-state index contributed by atoms with van der Waals surface area (Å²) in [6.07, 6.45) is 1.74. The number of carbonyl (C=O) groups excluding carboxylic acids is 1. The molecule has 1 aromatic carbocycles. The highest BCUT2D eigenvalue weighted by atomic mass is 32.1. The van der Waals surface area contributed by atoms with E-state index in [0.717, 1.165) is 15.1 Å². The average molecular weight is 242 g/mol. The fourth-order valence-corrected chi connectivity index (χ4v) is 2.83. The molecule has 0 spiro atoms. The van der Waals surface area contributed by atoms with Crippen LogP contribution in [0.5, 0.6) is 0 Å². The lowest BCUT2D eigenvalue weighted by atomic mass is 10.2. The normalized spacial score (nSPS) is 10.9. The van der Waals surface area contributed by atoms with E-state index in [4.69, 9.17) is 0 Å². The van der Waals surface area contributed by atoms with Crippen LogP contribution in [0.3, 0.4) is 0 Å². The van der Waals surface area contributed by atoms with Crippen LogP contribution in [0.4, 0.5) is 0 Å². The topological polar surface area (TPSA) is 34.9 Å². The third-order valence-corrected chi connectivity index (χ3v) is 3.72.